The number of ether oxygens (including phenoxy) is 4. The average Bonchev–Trinajstić information content (AvgIpc) is 3.57. The SMILES string of the molecule is NC(=NCCCCCCCCCCCCN=C(N)c1ccc2c(c1)OCO2)c1ccc2c(c1)OCO2. The fraction of sp³-hybridized carbons (Fsp3) is 0.500. The van der Waals surface area contributed by atoms with Gasteiger partial charge in [-0.1, -0.05) is 51.4 Å². The maximum atomic E-state index is 6.12. The Hall–Kier alpha value is -3.42. The Labute approximate surface area is 213 Å². The second-order valence-electron chi connectivity index (χ2n) is 9.21. The van der Waals surface area contributed by atoms with Gasteiger partial charge in [-0.25, -0.2) is 0 Å². The molecule has 194 valence electrons. The second-order valence-corrected chi connectivity index (χ2v) is 9.21. The van der Waals surface area contributed by atoms with Gasteiger partial charge in [0.25, 0.3) is 0 Å². The van der Waals surface area contributed by atoms with Crippen molar-refractivity contribution in [2.45, 2.75) is 64.2 Å². The zero-order valence-electron chi connectivity index (χ0n) is 21.0. The normalized spacial score (nSPS) is 14.4. The molecule has 0 saturated heterocycles. The molecule has 0 saturated carbocycles. The highest BCUT2D eigenvalue weighted by Crippen LogP contribution is 2.33. The summed E-state index contributed by atoms with van der Waals surface area (Å²) >= 11 is 0. The Bertz CT molecular complexity index is 970. The van der Waals surface area contributed by atoms with E-state index in [0.717, 1.165) is 60.1 Å². The molecule has 0 aromatic heterocycles. The predicted octanol–water partition coefficient (Wildman–Crippen LogP) is 5.16. The molecule has 2 aliphatic rings. The van der Waals surface area contributed by atoms with E-state index < -0.39 is 0 Å². The van der Waals surface area contributed by atoms with Gasteiger partial charge in [-0.15, -0.1) is 0 Å². The van der Waals surface area contributed by atoms with Crippen LogP contribution in [0, 0.1) is 0 Å². The van der Waals surface area contributed by atoms with Gasteiger partial charge in [0.1, 0.15) is 11.7 Å². The molecule has 2 aliphatic heterocycles. The number of benzene rings is 2. The molecule has 4 N–H and O–H groups in total. The topological polar surface area (TPSA) is 114 Å². The van der Waals surface area contributed by atoms with Crippen molar-refractivity contribution in [1.82, 2.24) is 0 Å². The van der Waals surface area contributed by atoms with Crippen LogP contribution in [0.2, 0.25) is 0 Å². The van der Waals surface area contributed by atoms with E-state index >= 15 is 0 Å². The first-order valence-electron chi connectivity index (χ1n) is 13.1. The first-order chi connectivity index (χ1) is 17.7. The highest BCUT2D eigenvalue weighted by atomic mass is 16.7. The molecule has 0 bridgehead atoms. The third-order valence-electron chi connectivity index (χ3n) is 6.47. The van der Waals surface area contributed by atoms with Gasteiger partial charge in [0, 0.05) is 24.2 Å². The largest absolute Gasteiger partial charge is 0.454 e. The molecule has 0 spiro atoms. The number of hydrogen-bond donors (Lipinski definition) is 2. The van der Waals surface area contributed by atoms with Crippen LogP contribution in [0.15, 0.2) is 46.4 Å². The number of amidine groups is 2. The van der Waals surface area contributed by atoms with E-state index in [2.05, 4.69) is 9.98 Å². The molecule has 0 aliphatic carbocycles. The van der Waals surface area contributed by atoms with E-state index in [9.17, 15) is 0 Å². The number of unbranched alkanes of at least 4 members (excludes halogenated alkanes) is 9. The van der Waals surface area contributed by atoms with E-state index in [1.54, 1.807) is 0 Å². The molecule has 0 radical (unpaired) electrons. The lowest BCUT2D eigenvalue weighted by molar-refractivity contribution is 0.173. The molecule has 0 fully saturated rings. The summed E-state index contributed by atoms with van der Waals surface area (Å²) in [5, 5.41) is 0. The van der Waals surface area contributed by atoms with Gasteiger partial charge in [0.05, 0.1) is 0 Å². The van der Waals surface area contributed by atoms with E-state index in [4.69, 9.17) is 30.4 Å². The molecule has 2 heterocycles. The van der Waals surface area contributed by atoms with E-state index in [-0.39, 0.29) is 13.6 Å². The molecule has 8 nitrogen and oxygen atoms in total. The van der Waals surface area contributed by atoms with Gasteiger partial charge in [-0.2, -0.15) is 0 Å². The Balaban J connectivity index is 0.966. The lowest BCUT2D eigenvalue weighted by Gasteiger charge is -2.04. The Morgan fingerprint density at radius 2 is 0.889 bits per heavy atom. The first-order valence-corrected chi connectivity index (χ1v) is 13.1. The minimum absolute atomic E-state index is 0.268. The van der Waals surface area contributed by atoms with Crippen LogP contribution in [-0.2, 0) is 0 Å². The zero-order chi connectivity index (χ0) is 25.0. The van der Waals surface area contributed by atoms with Gasteiger partial charge in [0.2, 0.25) is 13.6 Å². The quantitative estimate of drug-likeness (QED) is 0.201. The van der Waals surface area contributed by atoms with E-state index in [1.807, 2.05) is 36.4 Å². The highest BCUT2D eigenvalue weighted by Gasteiger charge is 2.15. The van der Waals surface area contributed by atoms with Gasteiger partial charge in [0.15, 0.2) is 23.0 Å². The number of fused-ring (bicyclic) bond motifs is 2. The Kier molecular flexibility index (Phi) is 9.70. The molecule has 36 heavy (non-hydrogen) atoms. The summed E-state index contributed by atoms with van der Waals surface area (Å²) in [6, 6.07) is 11.4. The van der Waals surface area contributed by atoms with Crippen molar-refractivity contribution in [3.05, 3.63) is 47.5 Å². The van der Waals surface area contributed by atoms with Crippen molar-refractivity contribution in [3.8, 4) is 23.0 Å². The molecule has 8 heteroatoms. The van der Waals surface area contributed by atoms with Crippen LogP contribution < -0.4 is 30.4 Å². The van der Waals surface area contributed by atoms with Crippen LogP contribution in [0.1, 0.15) is 75.3 Å². The summed E-state index contributed by atoms with van der Waals surface area (Å²) < 4.78 is 21.5. The Morgan fingerprint density at radius 3 is 1.31 bits per heavy atom. The number of hydrogen-bond acceptors (Lipinski definition) is 6. The van der Waals surface area contributed by atoms with Crippen LogP contribution in [0.5, 0.6) is 23.0 Å². The first kappa shape index (κ1) is 25.7. The van der Waals surface area contributed by atoms with Gasteiger partial charge < -0.3 is 30.4 Å². The van der Waals surface area contributed by atoms with Crippen molar-refractivity contribution >= 4 is 11.7 Å². The molecule has 0 atom stereocenters. The van der Waals surface area contributed by atoms with Crippen LogP contribution >= 0.6 is 0 Å². The molecule has 2 aromatic carbocycles. The summed E-state index contributed by atoms with van der Waals surface area (Å²) in [6.07, 6.45) is 12.2. The molecule has 4 rings (SSSR count). The van der Waals surface area contributed by atoms with Gasteiger partial charge in [-0.3, -0.25) is 9.98 Å². The van der Waals surface area contributed by atoms with Crippen LogP contribution in [-0.4, -0.2) is 38.3 Å². The van der Waals surface area contributed by atoms with Crippen molar-refractivity contribution in [2.75, 3.05) is 26.7 Å². The van der Waals surface area contributed by atoms with Crippen molar-refractivity contribution in [3.63, 3.8) is 0 Å². The lowest BCUT2D eigenvalue weighted by Crippen LogP contribution is -2.13. The summed E-state index contributed by atoms with van der Waals surface area (Å²) in [6.45, 7) is 2.07. The minimum Gasteiger partial charge on any atom is -0.454 e. The summed E-state index contributed by atoms with van der Waals surface area (Å²) in [4.78, 5) is 9.03. The molecule has 0 amide bonds. The standard InChI is InChI=1S/C28H38N4O4/c29-27(21-11-13-23-25(17-21)35-19-33-23)31-15-9-7-5-3-1-2-4-6-8-10-16-32-28(30)22-12-14-24-26(18-22)36-20-34-24/h11-14,17-18H,1-10,15-16,19-20H2,(H2,29,31)(H2,30,32). The predicted molar refractivity (Wildman–Crippen MR) is 142 cm³/mol. The summed E-state index contributed by atoms with van der Waals surface area (Å²) in [7, 11) is 0. The van der Waals surface area contributed by atoms with E-state index in [0.29, 0.717) is 11.7 Å². The lowest BCUT2D eigenvalue weighted by atomic mass is 10.1. The molecular weight excluding hydrogens is 456 g/mol. The van der Waals surface area contributed by atoms with Gasteiger partial charge in [-0.05, 0) is 49.2 Å². The second kappa shape index (κ2) is 13.6. The fourth-order valence-corrected chi connectivity index (χ4v) is 4.33. The summed E-state index contributed by atoms with van der Waals surface area (Å²) in [5.41, 5.74) is 14.0. The minimum atomic E-state index is 0.268. The molecule has 0 unspecified atom stereocenters. The van der Waals surface area contributed by atoms with Gasteiger partial charge >= 0.3 is 0 Å². The maximum Gasteiger partial charge on any atom is 0.231 e. The number of nitrogens with zero attached hydrogens (tertiary/aromatic N) is 2. The van der Waals surface area contributed by atoms with Crippen molar-refractivity contribution < 1.29 is 18.9 Å². The molecule has 2 aromatic rings. The summed E-state index contributed by atoms with van der Waals surface area (Å²) in [5.74, 6) is 4.13. The van der Waals surface area contributed by atoms with Crippen molar-refractivity contribution in [2.24, 2.45) is 21.5 Å². The number of nitrogens with two attached hydrogens (primary N) is 2. The third kappa shape index (κ3) is 7.54. The van der Waals surface area contributed by atoms with E-state index in [1.165, 1.54) is 51.4 Å². The van der Waals surface area contributed by atoms with Crippen LogP contribution in [0.4, 0.5) is 0 Å². The van der Waals surface area contributed by atoms with Crippen molar-refractivity contribution in [1.29, 1.82) is 0 Å². The maximum absolute atomic E-state index is 6.12. The Morgan fingerprint density at radius 1 is 0.528 bits per heavy atom. The highest BCUT2D eigenvalue weighted by molar-refractivity contribution is 5.98. The number of aliphatic imine (C=N–C) groups is 2. The zero-order valence-corrected chi connectivity index (χ0v) is 21.0. The third-order valence-corrected chi connectivity index (χ3v) is 6.47. The fourth-order valence-electron chi connectivity index (χ4n) is 4.33. The molecular formula is C28H38N4O4. The average molecular weight is 495 g/mol. The number of rotatable bonds is 15. The monoisotopic (exact) mass is 494 g/mol. The van der Waals surface area contributed by atoms with Crippen LogP contribution in [0.3, 0.4) is 0 Å². The van der Waals surface area contributed by atoms with Crippen LogP contribution in [0.25, 0.3) is 0 Å². The smallest absolute Gasteiger partial charge is 0.231 e.